The van der Waals surface area contributed by atoms with Crippen LogP contribution in [0.25, 0.3) is 5.69 Å². The molecule has 218 valence electrons. The van der Waals surface area contributed by atoms with Gasteiger partial charge in [0.2, 0.25) is 5.91 Å². The van der Waals surface area contributed by atoms with Crippen molar-refractivity contribution in [2.45, 2.75) is 70.2 Å². The quantitative estimate of drug-likeness (QED) is 0.388. The molecule has 12 nitrogen and oxygen atoms in total. The lowest BCUT2D eigenvalue weighted by Crippen LogP contribution is -2.58. The summed E-state index contributed by atoms with van der Waals surface area (Å²) < 4.78 is 1.44. The number of benzene rings is 1. The van der Waals surface area contributed by atoms with E-state index in [-0.39, 0.29) is 29.8 Å². The molecule has 1 aliphatic heterocycles. The lowest BCUT2D eigenvalue weighted by molar-refractivity contribution is -0.137. The highest BCUT2D eigenvalue weighted by Gasteiger charge is 2.31. The Balaban J connectivity index is 1.34. The SMILES string of the molecule is CCN(Cc1ccc(-n2ccc(NC(=O)N3CCN(C(=O)C(C)(C)N)CC3)nc2=O)cc1)C1CC(N)CC(N)C1. The Labute approximate surface area is 235 Å². The van der Waals surface area contributed by atoms with Crippen LogP contribution >= 0.6 is 0 Å². The van der Waals surface area contributed by atoms with Gasteiger partial charge in [-0.3, -0.25) is 19.6 Å². The minimum Gasteiger partial charge on any atom is -0.338 e. The van der Waals surface area contributed by atoms with Crippen molar-refractivity contribution < 1.29 is 9.59 Å². The number of rotatable bonds is 7. The van der Waals surface area contributed by atoms with Crippen LogP contribution in [-0.2, 0) is 11.3 Å². The maximum Gasteiger partial charge on any atom is 0.354 e. The van der Waals surface area contributed by atoms with Gasteiger partial charge in [-0.25, -0.2) is 9.59 Å². The Hall–Kier alpha value is -3.32. The van der Waals surface area contributed by atoms with Crippen LogP contribution in [0.4, 0.5) is 10.6 Å². The van der Waals surface area contributed by atoms with Crippen molar-refractivity contribution in [3.8, 4) is 5.69 Å². The zero-order valence-corrected chi connectivity index (χ0v) is 23.8. The van der Waals surface area contributed by atoms with Crippen LogP contribution in [0.15, 0.2) is 41.3 Å². The monoisotopic (exact) mass is 553 g/mol. The van der Waals surface area contributed by atoms with Gasteiger partial charge in [-0.05, 0) is 63.4 Å². The first kappa shape index (κ1) is 29.7. The molecular formula is C28H43N9O3. The number of anilines is 1. The number of aromatic nitrogens is 2. The molecule has 2 aliphatic rings. The van der Waals surface area contributed by atoms with E-state index in [2.05, 4.69) is 22.1 Å². The first-order valence-electron chi connectivity index (χ1n) is 14.0. The van der Waals surface area contributed by atoms with Gasteiger partial charge in [0.25, 0.3) is 0 Å². The average Bonchev–Trinajstić information content (AvgIpc) is 2.91. The predicted octanol–water partition coefficient (Wildman–Crippen LogP) is 0.675. The second-order valence-electron chi connectivity index (χ2n) is 11.5. The highest BCUT2D eigenvalue weighted by atomic mass is 16.2. The molecule has 0 spiro atoms. The van der Waals surface area contributed by atoms with Crippen molar-refractivity contribution in [3.05, 3.63) is 52.6 Å². The molecule has 7 N–H and O–H groups in total. The Kier molecular flexibility index (Phi) is 9.24. The van der Waals surface area contributed by atoms with E-state index in [1.165, 1.54) is 4.57 Å². The van der Waals surface area contributed by atoms with E-state index in [9.17, 15) is 14.4 Å². The zero-order chi connectivity index (χ0) is 29.0. The van der Waals surface area contributed by atoms with Crippen molar-refractivity contribution in [2.75, 3.05) is 38.0 Å². The summed E-state index contributed by atoms with van der Waals surface area (Å²) in [6, 6.07) is 9.69. The first-order chi connectivity index (χ1) is 18.9. The van der Waals surface area contributed by atoms with Gasteiger partial charge >= 0.3 is 11.7 Å². The number of piperazine rings is 1. The Morgan fingerprint density at radius 2 is 1.60 bits per heavy atom. The van der Waals surface area contributed by atoms with Crippen LogP contribution in [0.1, 0.15) is 45.6 Å². The number of carbonyl (C=O) groups excluding carboxylic acids is 2. The van der Waals surface area contributed by atoms with Gasteiger partial charge in [-0.1, -0.05) is 19.1 Å². The number of hydrogen-bond donors (Lipinski definition) is 4. The average molecular weight is 554 g/mol. The number of urea groups is 1. The van der Waals surface area contributed by atoms with Crippen molar-refractivity contribution >= 4 is 17.8 Å². The van der Waals surface area contributed by atoms with Crippen LogP contribution < -0.4 is 28.2 Å². The number of nitrogens with one attached hydrogen (secondary N) is 1. The summed E-state index contributed by atoms with van der Waals surface area (Å²) in [7, 11) is 0. The summed E-state index contributed by atoms with van der Waals surface area (Å²) >= 11 is 0. The van der Waals surface area contributed by atoms with E-state index in [0.717, 1.165) is 37.9 Å². The second-order valence-corrected chi connectivity index (χ2v) is 11.5. The molecule has 12 heteroatoms. The fourth-order valence-corrected chi connectivity index (χ4v) is 5.55. The van der Waals surface area contributed by atoms with Crippen LogP contribution in [0.3, 0.4) is 0 Å². The molecule has 0 bridgehead atoms. The molecule has 40 heavy (non-hydrogen) atoms. The molecule has 1 saturated carbocycles. The van der Waals surface area contributed by atoms with Gasteiger partial charge in [-0.2, -0.15) is 4.98 Å². The lowest BCUT2D eigenvalue weighted by Gasteiger charge is -2.38. The van der Waals surface area contributed by atoms with Crippen molar-refractivity contribution in [2.24, 2.45) is 17.2 Å². The molecule has 1 aliphatic carbocycles. The van der Waals surface area contributed by atoms with Crippen LogP contribution in [-0.4, -0.2) is 92.6 Å². The fraction of sp³-hybridized carbons (Fsp3) is 0.571. The number of hydrogen-bond acceptors (Lipinski definition) is 8. The van der Waals surface area contributed by atoms with Crippen LogP contribution in [0, 0.1) is 0 Å². The van der Waals surface area contributed by atoms with E-state index < -0.39 is 11.2 Å². The number of nitrogens with two attached hydrogens (primary N) is 3. The fourth-order valence-electron chi connectivity index (χ4n) is 5.55. The van der Waals surface area contributed by atoms with Crippen molar-refractivity contribution in [1.29, 1.82) is 0 Å². The highest BCUT2D eigenvalue weighted by molar-refractivity contribution is 5.89. The van der Waals surface area contributed by atoms with Gasteiger partial charge in [-0.15, -0.1) is 0 Å². The minimum atomic E-state index is -0.952. The third-order valence-electron chi connectivity index (χ3n) is 7.72. The normalized spacial score (nSPS) is 21.9. The molecule has 2 heterocycles. The second kappa shape index (κ2) is 12.5. The molecule has 3 amide bonds. The van der Waals surface area contributed by atoms with E-state index in [1.54, 1.807) is 35.9 Å². The Morgan fingerprint density at radius 3 is 2.15 bits per heavy atom. The molecular weight excluding hydrogens is 510 g/mol. The van der Waals surface area contributed by atoms with E-state index >= 15 is 0 Å². The highest BCUT2D eigenvalue weighted by Crippen LogP contribution is 2.23. The van der Waals surface area contributed by atoms with Gasteiger partial charge in [0, 0.05) is 57.0 Å². The Bertz CT molecular complexity index is 1220. The number of carbonyl (C=O) groups is 2. The standard InChI is InChI=1S/C28H43N9O3/c1-4-34(23-16-20(29)15-21(30)17-23)18-19-5-7-22(8-6-19)37-10-9-24(33-27(37)40)32-26(39)36-13-11-35(12-14-36)25(38)28(2,3)31/h5-10,20-21,23H,4,11-18,29-31H2,1-3H3,(H,32,33,39,40). The molecule has 1 saturated heterocycles. The summed E-state index contributed by atoms with van der Waals surface area (Å²) in [5.74, 6) is 0.0270. The summed E-state index contributed by atoms with van der Waals surface area (Å²) in [4.78, 5) is 47.6. The molecule has 1 aromatic heterocycles. The zero-order valence-electron chi connectivity index (χ0n) is 23.8. The van der Waals surface area contributed by atoms with Gasteiger partial charge in [0.15, 0.2) is 0 Å². The summed E-state index contributed by atoms with van der Waals surface area (Å²) in [6.07, 6.45) is 4.38. The topological polar surface area (TPSA) is 169 Å². The van der Waals surface area contributed by atoms with Gasteiger partial charge < -0.3 is 27.0 Å². The maximum absolute atomic E-state index is 12.8. The third-order valence-corrected chi connectivity index (χ3v) is 7.72. The van der Waals surface area contributed by atoms with Crippen LogP contribution in [0.5, 0.6) is 0 Å². The van der Waals surface area contributed by atoms with Crippen molar-refractivity contribution in [3.63, 3.8) is 0 Å². The lowest BCUT2D eigenvalue weighted by atomic mass is 9.87. The van der Waals surface area contributed by atoms with E-state index in [4.69, 9.17) is 17.2 Å². The molecule has 2 unspecified atom stereocenters. The van der Waals surface area contributed by atoms with Crippen LogP contribution in [0.2, 0.25) is 0 Å². The van der Waals surface area contributed by atoms with E-state index in [0.29, 0.717) is 37.9 Å². The number of nitrogens with zero attached hydrogens (tertiary/aromatic N) is 5. The maximum atomic E-state index is 12.8. The molecule has 0 radical (unpaired) electrons. The summed E-state index contributed by atoms with van der Waals surface area (Å²) in [5.41, 5.74) is 18.7. The molecule has 2 aromatic rings. The number of amides is 3. The molecule has 2 fully saturated rings. The largest absolute Gasteiger partial charge is 0.354 e. The third kappa shape index (κ3) is 7.25. The molecule has 1 aromatic carbocycles. The van der Waals surface area contributed by atoms with Crippen molar-refractivity contribution in [1.82, 2.24) is 24.3 Å². The smallest absolute Gasteiger partial charge is 0.338 e. The minimum absolute atomic E-state index is 0.141. The first-order valence-corrected chi connectivity index (χ1v) is 14.0. The predicted molar refractivity (Wildman–Crippen MR) is 155 cm³/mol. The van der Waals surface area contributed by atoms with E-state index in [1.807, 2.05) is 24.3 Å². The molecule has 4 rings (SSSR count). The Morgan fingerprint density at radius 1 is 1.00 bits per heavy atom. The summed E-state index contributed by atoms with van der Waals surface area (Å²) in [6.45, 7) is 8.71. The van der Waals surface area contributed by atoms with Gasteiger partial charge in [0.1, 0.15) is 5.82 Å². The van der Waals surface area contributed by atoms with Gasteiger partial charge in [0.05, 0.1) is 11.2 Å². The summed E-state index contributed by atoms with van der Waals surface area (Å²) in [5, 5.41) is 2.69. The molecule has 2 atom stereocenters.